The highest BCUT2D eigenvalue weighted by Gasteiger charge is 2.60. The molecule has 2 saturated heterocycles. The summed E-state index contributed by atoms with van der Waals surface area (Å²) in [6.45, 7) is 11.0. The Morgan fingerprint density at radius 1 is 1.24 bits per heavy atom. The lowest BCUT2D eigenvalue weighted by atomic mass is 9.79. The number of carboxylic acids is 1. The van der Waals surface area contributed by atoms with Gasteiger partial charge in [-0.3, -0.25) is 4.79 Å². The summed E-state index contributed by atoms with van der Waals surface area (Å²) < 4.78 is 10.1. The second-order valence-electron chi connectivity index (χ2n) is 9.03. The first-order valence-electron chi connectivity index (χ1n) is 12.0. The summed E-state index contributed by atoms with van der Waals surface area (Å²) in [5.74, 6) is -2.49. The maximum atomic E-state index is 12.7. The van der Waals surface area contributed by atoms with E-state index in [9.17, 15) is 29.4 Å². The van der Waals surface area contributed by atoms with Gasteiger partial charge in [-0.25, -0.2) is 14.4 Å². The van der Waals surface area contributed by atoms with Gasteiger partial charge < -0.3 is 34.8 Å². The van der Waals surface area contributed by atoms with Crippen LogP contribution >= 0.6 is 11.8 Å². The molecular weight excluding hydrogens is 502 g/mol. The van der Waals surface area contributed by atoms with Crippen molar-refractivity contribution in [2.45, 2.75) is 43.7 Å². The van der Waals surface area contributed by atoms with Gasteiger partial charge in [0.05, 0.1) is 24.1 Å². The van der Waals surface area contributed by atoms with E-state index in [-0.39, 0.29) is 48.6 Å². The van der Waals surface area contributed by atoms with E-state index in [1.54, 1.807) is 17.1 Å². The highest BCUT2D eigenvalue weighted by Crippen LogP contribution is 2.52. The van der Waals surface area contributed by atoms with Gasteiger partial charge in [0.1, 0.15) is 18.9 Å². The van der Waals surface area contributed by atoms with Gasteiger partial charge in [-0.15, -0.1) is 11.8 Å². The zero-order valence-electron chi connectivity index (χ0n) is 20.9. The molecule has 0 saturated carbocycles. The van der Waals surface area contributed by atoms with E-state index in [2.05, 4.69) is 18.5 Å². The van der Waals surface area contributed by atoms with E-state index < -0.39 is 36.2 Å². The number of likely N-dealkylation sites (tertiary alicyclic amines) is 1. The second-order valence-corrected chi connectivity index (χ2v) is 10.4. The van der Waals surface area contributed by atoms with Gasteiger partial charge in [-0.2, -0.15) is 0 Å². The molecule has 0 unspecified atom stereocenters. The number of carbonyl (C=O) groups is 4. The van der Waals surface area contributed by atoms with Crippen LogP contribution in [0, 0.1) is 11.8 Å². The Hall–Kier alpha value is -3.25. The Morgan fingerprint density at radius 3 is 2.54 bits per heavy atom. The number of rotatable bonds is 11. The Morgan fingerprint density at radius 2 is 1.92 bits per heavy atom. The number of alkyl carbamates (subject to hydrolysis) is 1. The number of hydrogen-bond donors (Lipinski definition) is 3. The van der Waals surface area contributed by atoms with Crippen LogP contribution < -0.4 is 5.32 Å². The third-order valence-electron chi connectivity index (χ3n) is 6.52. The van der Waals surface area contributed by atoms with Crippen LogP contribution in [-0.2, 0) is 19.1 Å². The van der Waals surface area contributed by atoms with E-state index in [1.165, 1.54) is 35.7 Å². The standard InChI is InChI=1S/C25H33N3O8S/c1-5-10-35-24(33)26-9-7-8-16-12-17(13-27(16)25(34)36-11-6-2)37-21-14(3)19-18(15(4)29)22(30)28(19)20(21)23(31)32/h5-8,14-19,29H,1-2,9-13H2,3-4H3,(H,26,33)(H,31,32)/b8-7+/t14-,15-,16-,17+,18-,19-/m1/s1. The molecule has 3 aliphatic rings. The van der Waals surface area contributed by atoms with E-state index in [0.29, 0.717) is 17.9 Å². The second kappa shape index (κ2) is 12.3. The van der Waals surface area contributed by atoms with Crippen LogP contribution in [0.3, 0.4) is 0 Å². The number of ether oxygens (including phenoxy) is 2. The van der Waals surface area contributed by atoms with Gasteiger partial charge in [0, 0.05) is 29.2 Å². The van der Waals surface area contributed by atoms with E-state index in [0.717, 1.165) is 0 Å². The summed E-state index contributed by atoms with van der Waals surface area (Å²) in [4.78, 5) is 52.4. The molecule has 202 valence electrons. The zero-order chi connectivity index (χ0) is 27.3. The van der Waals surface area contributed by atoms with Crippen molar-refractivity contribution in [2.24, 2.45) is 11.8 Å². The van der Waals surface area contributed by atoms with E-state index in [1.807, 2.05) is 6.92 Å². The number of carbonyl (C=O) groups excluding carboxylic acids is 3. The van der Waals surface area contributed by atoms with E-state index >= 15 is 0 Å². The van der Waals surface area contributed by atoms with Crippen molar-refractivity contribution in [3.05, 3.63) is 48.1 Å². The van der Waals surface area contributed by atoms with Crippen LogP contribution in [0.1, 0.15) is 20.3 Å². The summed E-state index contributed by atoms with van der Waals surface area (Å²) in [6.07, 6.45) is 4.92. The minimum Gasteiger partial charge on any atom is -0.477 e. The number of hydrogen-bond acceptors (Lipinski definition) is 8. The zero-order valence-corrected chi connectivity index (χ0v) is 21.7. The average molecular weight is 536 g/mol. The number of nitrogens with zero attached hydrogens (tertiary/aromatic N) is 2. The molecule has 0 aromatic rings. The monoisotopic (exact) mass is 535 g/mol. The molecule has 0 bridgehead atoms. The molecule has 0 aromatic carbocycles. The summed E-state index contributed by atoms with van der Waals surface area (Å²) in [6, 6.07) is -0.756. The lowest BCUT2D eigenvalue weighted by molar-refractivity contribution is -0.163. The van der Waals surface area contributed by atoms with Crippen molar-refractivity contribution in [1.29, 1.82) is 0 Å². The number of aliphatic hydroxyl groups excluding tert-OH is 1. The van der Waals surface area contributed by atoms with Gasteiger partial charge in [0.15, 0.2) is 0 Å². The van der Waals surface area contributed by atoms with Crippen LogP contribution in [0.25, 0.3) is 0 Å². The smallest absolute Gasteiger partial charge is 0.410 e. The normalized spacial score (nSPS) is 27.5. The molecule has 6 atom stereocenters. The molecule has 3 amide bonds. The van der Waals surface area contributed by atoms with Gasteiger partial charge >= 0.3 is 18.2 Å². The SMILES string of the molecule is C=CCOC(=O)NC/C=C/[C@@H]1C[C@H](SC2=C(C(=O)O)N3C(=O)[C@H]([C@@H](C)O)[C@H]3[C@H]2C)CN1C(=O)OCC=C. The van der Waals surface area contributed by atoms with Crippen molar-refractivity contribution in [3.8, 4) is 0 Å². The lowest BCUT2D eigenvalue weighted by Crippen LogP contribution is -2.63. The number of carboxylic acid groups (broad SMARTS) is 1. The quantitative estimate of drug-likeness (QED) is 0.267. The third kappa shape index (κ3) is 6.02. The van der Waals surface area contributed by atoms with Crippen LogP contribution in [-0.4, -0.2) is 93.8 Å². The molecule has 3 heterocycles. The summed E-state index contributed by atoms with van der Waals surface area (Å²) in [7, 11) is 0. The molecule has 11 nitrogen and oxygen atoms in total. The van der Waals surface area contributed by atoms with Gasteiger partial charge in [-0.1, -0.05) is 44.4 Å². The number of β-lactam (4-membered cyclic amide) rings is 1. The number of aliphatic carboxylic acids is 1. The first kappa shape index (κ1) is 28.3. The largest absolute Gasteiger partial charge is 0.477 e. The molecule has 0 radical (unpaired) electrons. The summed E-state index contributed by atoms with van der Waals surface area (Å²) in [5, 5.41) is 22.3. The van der Waals surface area contributed by atoms with Gasteiger partial charge in [0.2, 0.25) is 5.91 Å². The predicted molar refractivity (Wildman–Crippen MR) is 136 cm³/mol. The molecule has 3 aliphatic heterocycles. The molecule has 0 aliphatic carbocycles. The number of thioether (sulfide) groups is 1. The number of aliphatic hydroxyl groups is 1. The third-order valence-corrected chi connectivity index (χ3v) is 8.02. The van der Waals surface area contributed by atoms with E-state index in [4.69, 9.17) is 9.47 Å². The molecule has 0 aromatic heterocycles. The maximum Gasteiger partial charge on any atom is 0.410 e. The van der Waals surface area contributed by atoms with Crippen LogP contribution in [0.5, 0.6) is 0 Å². The fraction of sp³-hybridized carbons (Fsp3) is 0.520. The average Bonchev–Trinajstić information content (AvgIpc) is 3.35. The maximum absolute atomic E-state index is 12.7. The Bertz CT molecular complexity index is 1010. The molecule has 3 rings (SSSR count). The first-order chi connectivity index (χ1) is 17.6. The minimum absolute atomic E-state index is 0.0467. The first-order valence-corrected chi connectivity index (χ1v) is 12.9. The molecule has 37 heavy (non-hydrogen) atoms. The minimum atomic E-state index is -1.19. The van der Waals surface area contributed by atoms with Crippen molar-refractivity contribution in [1.82, 2.24) is 15.1 Å². The number of nitrogens with one attached hydrogen (secondary N) is 1. The van der Waals surface area contributed by atoms with Gasteiger partial charge in [0.25, 0.3) is 0 Å². The predicted octanol–water partition coefficient (Wildman–Crippen LogP) is 2.11. The molecule has 3 N–H and O–H groups in total. The topological polar surface area (TPSA) is 146 Å². The van der Waals surface area contributed by atoms with Crippen molar-refractivity contribution < 1.29 is 38.9 Å². The Kier molecular flexibility index (Phi) is 9.44. The van der Waals surface area contributed by atoms with Crippen LogP contribution in [0.15, 0.2) is 48.1 Å². The highest BCUT2D eigenvalue weighted by molar-refractivity contribution is 8.03. The molecule has 0 spiro atoms. The highest BCUT2D eigenvalue weighted by atomic mass is 32.2. The van der Waals surface area contributed by atoms with Crippen LogP contribution in [0.2, 0.25) is 0 Å². The molecule has 12 heteroatoms. The fourth-order valence-corrected chi connectivity index (χ4v) is 6.47. The number of fused-ring (bicyclic) bond motifs is 1. The van der Waals surface area contributed by atoms with Gasteiger partial charge in [-0.05, 0) is 13.3 Å². The van der Waals surface area contributed by atoms with Crippen molar-refractivity contribution in [3.63, 3.8) is 0 Å². The number of amides is 3. The van der Waals surface area contributed by atoms with Crippen molar-refractivity contribution in [2.75, 3.05) is 26.3 Å². The fourth-order valence-electron chi connectivity index (χ4n) is 4.93. The Balaban J connectivity index is 1.73. The molecule has 2 fully saturated rings. The summed E-state index contributed by atoms with van der Waals surface area (Å²) in [5.41, 5.74) is -0.0496. The molecular formula is C25H33N3O8S. The summed E-state index contributed by atoms with van der Waals surface area (Å²) >= 11 is 1.35. The van der Waals surface area contributed by atoms with Crippen molar-refractivity contribution >= 4 is 35.8 Å². The Labute approximate surface area is 219 Å². The van der Waals surface area contributed by atoms with Crippen LogP contribution in [0.4, 0.5) is 9.59 Å². The lowest BCUT2D eigenvalue weighted by Gasteiger charge is -2.46.